The molecule has 3 aromatic rings. The summed E-state index contributed by atoms with van der Waals surface area (Å²) in [5, 5.41) is 3.07. The second-order valence-electron chi connectivity index (χ2n) is 14.3. The van der Waals surface area contributed by atoms with Crippen LogP contribution in [0.2, 0.25) is 0 Å². The summed E-state index contributed by atoms with van der Waals surface area (Å²) in [5.74, 6) is -0.171. The van der Waals surface area contributed by atoms with Gasteiger partial charge in [0.15, 0.2) is 0 Å². The summed E-state index contributed by atoms with van der Waals surface area (Å²) in [5.41, 5.74) is 13.8. The highest BCUT2D eigenvalue weighted by atomic mass is 16.5. The smallest absolute Gasteiger partial charge is 0.253 e. The summed E-state index contributed by atoms with van der Waals surface area (Å²) < 4.78 is 5.69. The topological polar surface area (TPSA) is 107 Å². The maximum atomic E-state index is 13.9. The van der Waals surface area contributed by atoms with Crippen molar-refractivity contribution in [2.45, 2.75) is 91.8 Å². The lowest BCUT2D eigenvalue weighted by atomic mass is 9.94. The number of nitrogens with two attached hydrogens (primary N) is 1. The molecule has 0 aliphatic carbocycles. The number of rotatable bonds is 16. The van der Waals surface area contributed by atoms with E-state index in [9.17, 15) is 9.59 Å². The van der Waals surface area contributed by atoms with Crippen molar-refractivity contribution in [1.29, 1.82) is 0 Å². The number of nitrogens with one attached hydrogen (secondary N) is 2. The molecule has 0 atom stereocenters. The van der Waals surface area contributed by atoms with E-state index in [2.05, 4.69) is 62.3 Å². The van der Waals surface area contributed by atoms with Crippen LogP contribution in [0.3, 0.4) is 0 Å². The van der Waals surface area contributed by atoms with Crippen LogP contribution in [0.4, 0.5) is 5.69 Å². The lowest BCUT2D eigenvalue weighted by Crippen LogP contribution is -2.46. The van der Waals surface area contributed by atoms with Crippen LogP contribution in [-0.2, 0) is 17.8 Å². The normalized spacial score (nSPS) is 16.1. The lowest BCUT2D eigenvalue weighted by Gasteiger charge is -2.37. The molecule has 50 heavy (non-hydrogen) atoms. The zero-order valence-corrected chi connectivity index (χ0v) is 31.0. The van der Waals surface area contributed by atoms with Crippen molar-refractivity contribution in [3.05, 3.63) is 86.3 Å². The number of piperazine rings is 1. The van der Waals surface area contributed by atoms with Crippen molar-refractivity contribution in [2.24, 2.45) is 5.73 Å². The number of carbonyl (C=O) groups excluding carboxylic acids is 1. The fourth-order valence-electron chi connectivity index (χ4n) is 7.63. The summed E-state index contributed by atoms with van der Waals surface area (Å²) in [6.45, 7) is 18.0. The Hall–Kier alpha value is -3.50. The number of unbranched alkanes of at least 4 members (excludes halogenated alkanes) is 4. The van der Waals surface area contributed by atoms with Gasteiger partial charge in [0.05, 0.1) is 0 Å². The van der Waals surface area contributed by atoms with Crippen LogP contribution < -0.4 is 21.5 Å². The van der Waals surface area contributed by atoms with Gasteiger partial charge in [-0.3, -0.25) is 14.5 Å². The van der Waals surface area contributed by atoms with Gasteiger partial charge in [-0.2, -0.15) is 0 Å². The Labute approximate surface area is 299 Å². The minimum absolute atomic E-state index is 0.155. The molecule has 9 heteroatoms. The number of amides is 1. The monoisotopic (exact) mass is 684 g/mol. The van der Waals surface area contributed by atoms with Gasteiger partial charge < -0.3 is 30.6 Å². The van der Waals surface area contributed by atoms with Gasteiger partial charge in [-0.15, -0.1) is 0 Å². The first-order chi connectivity index (χ1) is 24.3. The van der Waals surface area contributed by atoms with E-state index in [-0.39, 0.29) is 18.0 Å². The minimum atomic E-state index is -0.171. The molecular formula is C41H60N6O3. The molecule has 272 valence electrons. The van der Waals surface area contributed by atoms with E-state index in [4.69, 9.17) is 10.5 Å². The van der Waals surface area contributed by atoms with Gasteiger partial charge in [-0.05, 0) is 112 Å². The Kier molecular flexibility index (Phi) is 14.1. The summed E-state index contributed by atoms with van der Waals surface area (Å²) in [4.78, 5) is 37.1. The van der Waals surface area contributed by atoms with Crippen LogP contribution in [0, 0.1) is 20.8 Å². The van der Waals surface area contributed by atoms with E-state index in [1.165, 1.54) is 37.8 Å². The van der Waals surface area contributed by atoms with Gasteiger partial charge in [-0.25, -0.2) is 0 Å². The average molecular weight is 685 g/mol. The van der Waals surface area contributed by atoms with Gasteiger partial charge in [0.25, 0.3) is 11.5 Å². The summed E-state index contributed by atoms with van der Waals surface area (Å²) in [6.07, 6.45) is 8.23. The average Bonchev–Trinajstić information content (AvgIpc) is 3.11. The number of nitrogens with zero attached hydrogens (tertiary/aromatic N) is 3. The molecule has 0 spiro atoms. The number of anilines is 1. The third kappa shape index (κ3) is 10.1. The Morgan fingerprint density at radius 2 is 1.60 bits per heavy atom. The molecule has 1 aromatic heterocycles. The number of aromatic nitrogens is 1. The van der Waals surface area contributed by atoms with Crippen molar-refractivity contribution in [1.82, 2.24) is 20.1 Å². The highest BCUT2D eigenvalue weighted by molar-refractivity contribution is 5.99. The fraction of sp³-hybridized carbons (Fsp3) is 0.561. The number of H-pyrrole nitrogens is 1. The third-order valence-electron chi connectivity index (χ3n) is 10.7. The zero-order valence-electron chi connectivity index (χ0n) is 31.0. The Morgan fingerprint density at radius 3 is 2.28 bits per heavy atom. The molecule has 2 aromatic carbocycles. The standard InChI is InChI=1S/C41H60N6O3/c1-5-47(36-15-23-50-24-16-36)39-27-35(26-37(32(39)4)40(48)43-28-38-30(2)25-31(3)44-41(38)49)34-13-11-33(12-14-34)29-46-21-19-45(20-22-46)18-10-8-6-7-9-17-42/h11-14,25-27,36H,5-10,15-24,28-29,42H2,1-4H3,(H,43,48)(H,44,49). The van der Waals surface area contributed by atoms with Gasteiger partial charge >= 0.3 is 0 Å². The third-order valence-corrected chi connectivity index (χ3v) is 10.7. The molecule has 2 aliphatic heterocycles. The van der Waals surface area contributed by atoms with Gasteiger partial charge in [0, 0.05) is 87.6 Å². The van der Waals surface area contributed by atoms with E-state index in [1.807, 2.05) is 32.9 Å². The maximum absolute atomic E-state index is 13.9. The largest absolute Gasteiger partial charge is 0.381 e. The summed E-state index contributed by atoms with van der Waals surface area (Å²) in [6, 6.07) is 15.5. The molecule has 1 amide bonds. The Balaban J connectivity index is 1.29. The molecule has 2 saturated heterocycles. The maximum Gasteiger partial charge on any atom is 0.253 e. The molecule has 0 bridgehead atoms. The number of aromatic amines is 1. The van der Waals surface area contributed by atoms with E-state index in [0.717, 1.165) is 112 Å². The quantitative estimate of drug-likeness (QED) is 0.161. The van der Waals surface area contributed by atoms with Gasteiger partial charge in [-0.1, -0.05) is 43.5 Å². The molecule has 4 N–H and O–H groups in total. The first kappa shape index (κ1) is 37.7. The minimum Gasteiger partial charge on any atom is -0.381 e. The van der Waals surface area contributed by atoms with E-state index in [1.54, 1.807) is 0 Å². The van der Waals surface area contributed by atoms with Crippen molar-refractivity contribution < 1.29 is 9.53 Å². The van der Waals surface area contributed by atoms with Crippen LogP contribution in [0.25, 0.3) is 11.1 Å². The second kappa shape index (κ2) is 18.7. The van der Waals surface area contributed by atoms with Crippen LogP contribution in [0.5, 0.6) is 0 Å². The molecular weight excluding hydrogens is 624 g/mol. The SMILES string of the molecule is CCN(c1cc(-c2ccc(CN3CCN(CCCCCCCN)CC3)cc2)cc(C(=O)NCc2c(C)cc(C)[nH]c2=O)c1C)C1CCOCC1. The summed E-state index contributed by atoms with van der Waals surface area (Å²) in [7, 11) is 0. The molecule has 0 saturated carbocycles. The second-order valence-corrected chi connectivity index (χ2v) is 14.3. The zero-order chi connectivity index (χ0) is 35.5. The number of aryl methyl sites for hydroxylation is 2. The van der Waals surface area contributed by atoms with Crippen LogP contribution in [0.1, 0.15) is 90.2 Å². The number of carbonyl (C=O) groups is 1. The highest BCUT2D eigenvalue weighted by Crippen LogP contribution is 2.34. The van der Waals surface area contributed by atoms with E-state index in [0.29, 0.717) is 17.2 Å². The number of ether oxygens (including phenoxy) is 1. The lowest BCUT2D eigenvalue weighted by molar-refractivity contribution is 0.0846. The first-order valence-electron chi connectivity index (χ1n) is 19.0. The predicted molar refractivity (Wildman–Crippen MR) is 205 cm³/mol. The Bertz CT molecular complexity index is 1590. The van der Waals surface area contributed by atoms with Crippen molar-refractivity contribution >= 4 is 11.6 Å². The number of benzene rings is 2. The van der Waals surface area contributed by atoms with E-state index < -0.39 is 0 Å². The van der Waals surface area contributed by atoms with Crippen molar-refractivity contribution in [3.63, 3.8) is 0 Å². The number of hydrogen-bond donors (Lipinski definition) is 3. The molecule has 0 radical (unpaired) electrons. The van der Waals surface area contributed by atoms with Crippen LogP contribution in [-0.4, -0.2) is 85.8 Å². The van der Waals surface area contributed by atoms with Gasteiger partial charge in [0.2, 0.25) is 0 Å². The molecule has 9 nitrogen and oxygen atoms in total. The summed E-state index contributed by atoms with van der Waals surface area (Å²) >= 11 is 0. The highest BCUT2D eigenvalue weighted by Gasteiger charge is 2.25. The molecule has 3 heterocycles. The first-order valence-corrected chi connectivity index (χ1v) is 19.0. The molecule has 5 rings (SSSR count). The molecule has 0 unspecified atom stereocenters. The van der Waals surface area contributed by atoms with Crippen molar-refractivity contribution in [3.8, 4) is 11.1 Å². The predicted octanol–water partition coefficient (Wildman–Crippen LogP) is 5.93. The fourth-order valence-corrected chi connectivity index (χ4v) is 7.63. The molecule has 2 aliphatic rings. The molecule has 2 fully saturated rings. The van der Waals surface area contributed by atoms with Crippen LogP contribution >= 0.6 is 0 Å². The number of pyridine rings is 1. The van der Waals surface area contributed by atoms with Crippen LogP contribution in [0.15, 0.2) is 47.3 Å². The van der Waals surface area contributed by atoms with Crippen molar-refractivity contribution in [2.75, 3.05) is 63.9 Å². The van der Waals surface area contributed by atoms with E-state index >= 15 is 0 Å². The number of hydrogen-bond acceptors (Lipinski definition) is 7. The van der Waals surface area contributed by atoms with Gasteiger partial charge in [0.1, 0.15) is 0 Å². The Morgan fingerprint density at radius 1 is 0.920 bits per heavy atom.